The van der Waals surface area contributed by atoms with Gasteiger partial charge in [-0.05, 0) is 32.0 Å². The highest BCUT2D eigenvalue weighted by Gasteiger charge is 2.09. The first kappa shape index (κ1) is 13.5. The second kappa shape index (κ2) is 6.92. The molecule has 0 spiro atoms. The highest BCUT2D eigenvalue weighted by molar-refractivity contribution is 9.10. The third-order valence-electron chi connectivity index (χ3n) is 2.69. The molecule has 0 aromatic heterocycles. The Morgan fingerprint density at radius 3 is 2.75 bits per heavy atom. The third kappa shape index (κ3) is 4.14. The van der Waals surface area contributed by atoms with E-state index in [0.29, 0.717) is 5.75 Å². The van der Waals surface area contributed by atoms with E-state index in [1.54, 1.807) is 6.07 Å². The summed E-state index contributed by atoms with van der Waals surface area (Å²) in [6.07, 6.45) is 3.68. The maximum atomic E-state index is 9.79. The van der Waals surface area contributed by atoms with Crippen molar-refractivity contribution in [1.82, 2.24) is 5.32 Å². The summed E-state index contributed by atoms with van der Waals surface area (Å²) < 4.78 is 0.909. The lowest BCUT2D eigenvalue weighted by atomic mass is 10.1. The maximum absolute atomic E-state index is 9.79. The molecule has 0 aliphatic rings. The molecule has 0 bridgehead atoms. The first-order valence-corrected chi connectivity index (χ1v) is 6.66. The van der Waals surface area contributed by atoms with Crippen molar-refractivity contribution >= 4 is 15.9 Å². The molecular formula is C13H20BrNO. The van der Waals surface area contributed by atoms with E-state index in [0.717, 1.165) is 16.6 Å². The molecule has 2 N–H and O–H groups in total. The number of rotatable bonds is 6. The van der Waals surface area contributed by atoms with Gasteiger partial charge in [0.25, 0.3) is 0 Å². The first-order valence-electron chi connectivity index (χ1n) is 5.87. The van der Waals surface area contributed by atoms with Crippen molar-refractivity contribution in [3.63, 3.8) is 0 Å². The Kier molecular flexibility index (Phi) is 5.85. The van der Waals surface area contributed by atoms with Crippen molar-refractivity contribution in [1.29, 1.82) is 0 Å². The Morgan fingerprint density at radius 2 is 2.12 bits per heavy atom. The van der Waals surface area contributed by atoms with E-state index in [1.807, 2.05) is 12.1 Å². The number of nitrogens with one attached hydrogen (secondary N) is 1. The summed E-state index contributed by atoms with van der Waals surface area (Å²) in [6.45, 7) is 5.28. The van der Waals surface area contributed by atoms with Gasteiger partial charge in [0.15, 0.2) is 0 Å². The van der Waals surface area contributed by atoms with Gasteiger partial charge in [0.05, 0.1) is 0 Å². The van der Waals surface area contributed by atoms with Crippen molar-refractivity contribution in [3.8, 4) is 5.75 Å². The molecule has 0 aliphatic carbocycles. The van der Waals surface area contributed by atoms with Gasteiger partial charge in [-0.1, -0.05) is 41.8 Å². The molecule has 0 saturated heterocycles. The molecule has 0 amide bonds. The zero-order valence-electron chi connectivity index (χ0n) is 9.96. The zero-order chi connectivity index (χ0) is 12.0. The fourth-order valence-corrected chi connectivity index (χ4v) is 2.04. The summed E-state index contributed by atoms with van der Waals surface area (Å²) in [6, 6.07) is 5.85. The summed E-state index contributed by atoms with van der Waals surface area (Å²) >= 11 is 3.34. The number of halogens is 1. The summed E-state index contributed by atoms with van der Waals surface area (Å²) in [5, 5.41) is 13.2. The van der Waals surface area contributed by atoms with Crippen LogP contribution in [0.2, 0.25) is 0 Å². The highest BCUT2D eigenvalue weighted by Crippen LogP contribution is 2.27. The predicted molar refractivity (Wildman–Crippen MR) is 71.7 cm³/mol. The first-order chi connectivity index (χ1) is 7.65. The highest BCUT2D eigenvalue weighted by atomic mass is 79.9. The average Bonchev–Trinajstić information content (AvgIpc) is 2.24. The van der Waals surface area contributed by atoms with Crippen LogP contribution < -0.4 is 5.32 Å². The molecule has 16 heavy (non-hydrogen) atoms. The lowest BCUT2D eigenvalue weighted by molar-refractivity contribution is 0.450. The van der Waals surface area contributed by atoms with E-state index in [2.05, 4.69) is 35.1 Å². The van der Waals surface area contributed by atoms with E-state index in [4.69, 9.17) is 0 Å². The molecule has 0 saturated carbocycles. The largest absolute Gasteiger partial charge is 0.508 e. The van der Waals surface area contributed by atoms with E-state index in [1.165, 1.54) is 19.3 Å². The van der Waals surface area contributed by atoms with Crippen molar-refractivity contribution in [2.24, 2.45) is 0 Å². The van der Waals surface area contributed by atoms with Crippen LogP contribution >= 0.6 is 15.9 Å². The third-order valence-corrected chi connectivity index (χ3v) is 3.18. The van der Waals surface area contributed by atoms with Crippen LogP contribution in [0.25, 0.3) is 0 Å². The monoisotopic (exact) mass is 285 g/mol. The van der Waals surface area contributed by atoms with Gasteiger partial charge in [-0.25, -0.2) is 0 Å². The van der Waals surface area contributed by atoms with Crippen LogP contribution in [-0.4, -0.2) is 11.7 Å². The normalized spacial score (nSPS) is 12.7. The van der Waals surface area contributed by atoms with Crippen molar-refractivity contribution < 1.29 is 5.11 Å². The lowest BCUT2D eigenvalue weighted by Crippen LogP contribution is -2.19. The second-order valence-electron chi connectivity index (χ2n) is 4.09. The molecule has 1 atom stereocenters. The molecule has 2 nitrogen and oxygen atoms in total. The molecule has 90 valence electrons. The molecule has 1 unspecified atom stereocenters. The molecule has 1 rings (SSSR count). The molecule has 0 heterocycles. The fourth-order valence-electron chi connectivity index (χ4n) is 1.69. The Morgan fingerprint density at radius 1 is 1.38 bits per heavy atom. The van der Waals surface area contributed by atoms with Gasteiger partial charge in [-0.15, -0.1) is 0 Å². The number of hydrogen-bond donors (Lipinski definition) is 2. The lowest BCUT2D eigenvalue weighted by Gasteiger charge is -2.15. The van der Waals surface area contributed by atoms with E-state index in [-0.39, 0.29) is 6.04 Å². The van der Waals surface area contributed by atoms with Crippen molar-refractivity contribution in [2.45, 2.75) is 39.2 Å². The van der Waals surface area contributed by atoms with E-state index < -0.39 is 0 Å². The minimum absolute atomic E-state index is 0.199. The fraction of sp³-hybridized carbons (Fsp3) is 0.538. The molecule has 0 fully saturated rings. The minimum atomic E-state index is 0.199. The standard InChI is InChI=1S/C13H20BrNO/c1-3-4-5-8-15-10(2)12-7-6-11(14)9-13(12)16/h6-7,9-10,15-16H,3-5,8H2,1-2H3. The van der Waals surface area contributed by atoms with E-state index >= 15 is 0 Å². The number of phenols is 1. The van der Waals surface area contributed by atoms with Gasteiger partial charge < -0.3 is 10.4 Å². The topological polar surface area (TPSA) is 32.3 Å². The van der Waals surface area contributed by atoms with Gasteiger partial charge >= 0.3 is 0 Å². The Bertz CT molecular complexity index is 328. The number of hydrogen-bond acceptors (Lipinski definition) is 2. The molecule has 3 heteroatoms. The number of aromatic hydroxyl groups is 1. The Hall–Kier alpha value is -0.540. The molecule has 1 aromatic rings. The van der Waals surface area contributed by atoms with Gasteiger partial charge in [0.1, 0.15) is 5.75 Å². The molecular weight excluding hydrogens is 266 g/mol. The minimum Gasteiger partial charge on any atom is -0.508 e. The number of benzene rings is 1. The van der Waals surface area contributed by atoms with Crippen LogP contribution in [0.15, 0.2) is 22.7 Å². The summed E-state index contributed by atoms with van der Waals surface area (Å²) in [5.41, 5.74) is 0.958. The predicted octanol–water partition coefficient (Wildman–Crippen LogP) is 4.00. The molecule has 0 aliphatic heterocycles. The van der Waals surface area contributed by atoms with Gasteiger partial charge in [-0.2, -0.15) is 0 Å². The number of phenolic OH excluding ortho intramolecular Hbond substituents is 1. The van der Waals surface area contributed by atoms with Crippen LogP contribution in [-0.2, 0) is 0 Å². The Labute approximate surface area is 106 Å². The van der Waals surface area contributed by atoms with Gasteiger partial charge in [-0.3, -0.25) is 0 Å². The Balaban J connectivity index is 2.49. The molecule has 1 aromatic carbocycles. The van der Waals surface area contributed by atoms with Crippen LogP contribution in [0.1, 0.15) is 44.7 Å². The SMILES string of the molecule is CCCCCNC(C)c1ccc(Br)cc1O. The zero-order valence-corrected chi connectivity index (χ0v) is 11.5. The van der Waals surface area contributed by atoms with Crippen LogP contribution in [0, 0.1) is 0 Å². The summed E-state index contributed by atoms with van der Waals surface area (Å²) in [5.74, 6) is 0.352. The number of unbranched alkanes of at least 4 members (excludes halogenated alkanes) is 2. The van der Waals surface area contributed by atoms with Crippen molar-refractivity contribution in [2.75, 3.05) is 6.54 Å². The van der Waals surface area contributed by atoms with E-state index in [9.17, 15) is 5.11 Å². The van der Waals surface area contributed by atoms with Crippen LogP contribution in [0.3, 0.4) is 0 Å². The second-order valence-corrected chi connectivity index (χ2v) is 5.00. The smallest absolute Gasteiger partial charge is 0.121 e. The summed E-state index contributed by atoms with van der Waals surface area (Å²) in [7, 11) is 0. The van der Waals surface area contributed by atoms with Crippen molar-refractivity contribution in [3.05, 3.63) is 28.2 Å². The van der Waals surface area contributed by atoms with Crippen LogP contribution in [0.4, 0.5) is 0 Å². The quantitative estimate of drug-likeness (QED) is 0.775. The molecule has 0 radical (unpaired) electrons. The maximum Gasteiger partial charge on any atom is 0.121 e. The van der Waals surface area contributed by atoms with Gasteiger partial charge in [0.2, 0.25) is 0 Å². The average molecular weight is 286 g/mol. The van der Waals surface area contributed by atoms with Crippen LogP contribution in [0.5, 0.6) is 5.75 Å². The van der Waals surface area contributed by atoms with Gasteiger partial charge in [0, 0.05) is 16.1 Å². The summed E-state index contributed by atoms with van der Waals surface area (Å²) in [4.78, 5) is 0.